The van der Waals surface area contributed by atoms with E-state index in [9.17, 15) is 4.39 Å². The van der Waals surface area contributed by atoms with Crippen LogP contribution in [0.2, 0.25) is 0 Å². The van der Waals surface area contributed by atoms with Crippen LogP contribution in [0.1, 0.15) is 26.7 Å². The Morgan fingerprint density at radius 1 is 1.60 bits per heavy atom. The lowest BCUT2D eigenvalue weighted by Gasteiger charge is -2.00. The van der Waals surface area contributed by atoms with Gasteiger partial charge in [0.05, 0.1) is 5.70 Å². The van der Waals surface area contributed by atoms with Gasteiger partial charge in [0.2, 0.25) is 0 Å². The molecule has 0 aromatic rings. The predicted octanol–water partition coefficient (Wildman–Crippen LogP) is 2.50. The van der Waals surface area contributed by atoms with E-state index in [-0.39, 0.29) is 11.5 Å². The molecule has 0 amide bonds. The smallest absolute Gasteiger partial charge is 0.144 e. The average Bonchev–Trinajstić information content (AvgIpc) is 1.87. The van der Waals surface area contributed by atoms with Crippen LogP contribution in [0.15, 0.2) is 23.7 Å². The predicted molar refractivity (Wildman–Crippen MR) is 42.0 cm³/mol. The van der Waals surface area contributed by atoms with Crippen molar-refractivity contribution in [3.63, 3.8) is 0 Å². The van der Waals surface area contributed by atoms with Crippen molar-refractivity contribution in [1.82, 2.24) is 0 Å². The highest BCUT2D eigenvalue weighted by atomic mass is 19.1. The van der Waals surface area contributed by atoms with Crippen LogP contribution in [0, 0.1) is 0 Å². The van der Waals surface area contributed by atoms with Gasteiger partial charge in [-0.15, -0.1) is 0 Å². The van der Waals surface area contributed by atoms with Crippen molar-refractivity contribution >= 4 is 0 Å². The van der Waals surface area contributed by atoms with Crippen LogP contribution in [-0.4, -0.2) is 0 Å². The Morgan fingerprint density at radius 2 is 2.10 bits per heavy atom. The lowest BCUT2D eigenvalue weighted by atomic mass is 10.1. The number of allylic oxidation sites excluding steroid dienone is 2. The van der Waals surface area contributed by atoms with Crippen molar-refractivity contribution in [3.8, 4) is 0 Å². The van der Waals surface area contributed by atoms with Crippen molar-refractivity contribution in [3.05, 3.63) is 23.7 Å². The number of hydrogen-bond acceptors (Lipinski definition) is 1. The molecule has 0 aliphatic rings. The fourth-order valence-electron chi connectivity index (χ4n) is 0.759. The van der Waals surface area contributed by atoms with E-state index in [0.717, 1.165) is 12.8 Å². The maximum absolute atomic E-state index is 12.8. The van der Waals surface area contributed by atoms with E-state index in [0.29, 0.717) is 5.57 Å². The number of hydrogen-bond donors (Lipinski definition) is 1. The van der Waals surface area contributed by atoms with Gasteiger partial charge in [0.15, 0.2) is 0 Å². The number of rotatable bonds is 3. The van der Waals surface area contributed by atoms with Gasteiger partial charge in [0.1, 0.15) is 5.83 Å². The summed E-state index contributed by atoms with van der Waals surface area (Å²) in [4.78, 5) is 0. The minimum atomic E-state index is -0.346. The fraction of sp³-hybridized carbons (Fsp3) is 0.500. The van der Waals surface area contributed by atoms with Crippen LogP contribution < -0.4 is 5.73 Å². The summed E-state index contributed by atoms with van der Waals surface area (Å²) in [5, 5.41) is 0. The second kappa shape index (κ2) is 4.09. The van der Waals surface area contributed by atoms with Crippen molar-refractivity contribution in [2.24, 2.45) is 5.73 Å². The molecular weight excluding hydrogens is 129 g/mol. The third-order valence-corrected chi connectivity index (χ3v) is 1.28. The van der Waals surface area contributed by atoms with Crippen molar-refractivity contribution in [1.29, 1.82) is 0 Å². The summed E-state index contributed by atoms with van der Waals surface area (Å²) in [5.74, 6) is -0.346. The molecule has 0 saturated heterocycles. The van der Waals surface area contributed by atoms with Gasteiger partial charge in [-0.2, -0.15) is 0 Å². The minimum Gasteiger partial charge on any atom is -0.397 e. The first-order valence-electron chi connectivity index (χ1n) is 3.39. The van der Waals surface area contributed by atoms with Crippen molar-refractivity contribution in [2.45, 2.75) is 26.7 Å². The number of halogens is 1. The molecule has 0 aromatic heterocycles. The van der Waals surface area contributed by atoms with E-state index < -0.39 is 0 Å². The third-order valence-electron chi connectivity index (χ3n) is 1.28. The summed E-state index contributed by atoms with van der Waals surface area (Å²) in [6.07, 6.45) is 1.69. The highest BCUT2D eigenvalue weighted by Gasteiger charge is 2.00. The fourth-order valence-corrected chi connectivity index (χ4v) is 0.759. The van der Waals surface area contributed by atoms with E-state index in [1.807, 2.05) is 6.92 Å². The highest BCUT2D eigenvalue weighted by molar-refractivity contribution is 5.23. The summed E-state index contributed by atoms with van der Waals surface area (Å²) >= 11 is 0. The lowest BCUT2D eigenvalue weighted by Crippen LogP contribution is -1.97. The third kappa shape index (κ3) is 2.67. The van der Waals surface area contributed by atoms with Gasteiger partial charge in [0.25, 0.3) is 0 Å². The monoisotopic (exact) mass is 143 g/mol. The molecule has 0 aliphatic carbocycles. The quantitative estimate of drug-likeness (QED) is 0.603. The van der Waals surface area contributed by atoms with Crippen LogP contribution in [-0.2, 0) is 0 Å². The molecule has 0 heterocycles. The van der Waals surface area contributed by atoms with Gasteiger partial charge in [0, 0.05) is 0 Å². The first-order valence-corrected chi connectivity index (χ1v) is 3.39. The van der Waals surface area contributed by atoms with E-state index in [1.54, 1.807) is 6.92 Å². The molecule has 0 saturated carbocycles. The summed E-state index contributed by atoms with van der Waals surface area (Å²) in [5.41, 5.74) is 5.86. The molecule has 2 N–H and O–H groups in total. The summed E-state index contributed by atoms with van der Waals surface area (Å²) in [6, 6.07) is 0. The van der Waals surface area contributed by atoms with Gasteiger partial charge < -0.3 is 5.73 Å². The Hall–Kier alpha value is -0.790. The second-order valence-electron chi connectivity index (χ2n) is 2.37. The summed E-state index contributed by atoms with van der Waals surface area (Å²) in [7, 11) is 0. The van der Waals surface area contributed by atoms with E-state index >= 15 is 0 Å². The largest absolute Gasteiger partial charge is 0.397 e. The zero-order valence-electron chi connectivity index (χ0n) is 6.58. The molecule has 10 heavy (non-hydrogen) atoms. The zero-order chi connectivity index (χ0) is 8.15. The minimum absolute atomic E-state index is 0.0333. The van der Waals surface area contributed by atoms with Crippen molar-refractivity contribution < 1.29 is 4.39 Å². The van der Waals surface area contributed by atoms with Crippen LogP contribution in [0.25, 0.3) is 0 Å². The first kappa shape index (κ1) is 9.21. The van der Waals surface area contributed by atoms with Gasteiger partial charge in [-0.1, -0.05) is 19.9 Å². The molecule has 2 heteroatoms. The Kier molecular flexibility index (Phi) is 3.77. The molecular formula is C8H14FN. The van der Waals surface area contributed by atoms with Crippen LogP contribution >= 0.6 is 0 Å². The lowest BCUT2D eigenvalue weighted by molar-refractivity contribution is 0.626. The molecule has 0 aliphatic heterocycles. The topological polar surface area (TPSA) is 26.0 Å². The average molecular weight is 143 g/mol. The normalized spacial score (nSPS) is 12.7. The van der Waals surface area contributed by atoms with E-state index in [2.05, 4.69) is 6.58 Å². The van der Waals surface area contributed by atoms with E-state index in [4.69, 9.17) is 5.73 Å². The van der Waals surface area contributed by atoms with Gasteiger partial charge in [-0.25, -0.2) is 4.39 Å². The maximum atomic E-state index is 12.8. The van der Waals surface area contributed by atoms with Crippen molar-refractivity contribution in [2.75, 3.05) is 0 Å². The molecule has 0 radical (unpaired) electrons. The molecule has 0 aromatic carbocycles. The Labute approximate surface area is 61.4 Å². The molecule has 0 bridgehead atoms. The highest BCUT2D eigenvalue weighted by Crippen LogP contribution is 2.14. The maximum Gasteiger partial charge on any atom is 0.144 e. The Balaban J connectivity index is 4.19. The Bertz CT molecular complexity index is 159. The van der Waals surface area contributed by atoms with Crippen LogP contribution in [0.4, 0.5) is 4.39 Å². The number of nitrogens with two attached hydrogens (primary N) is 1. The summed E-state index contributed by atoms with van der Waals surface area (Å²) in [6.45, 7) is 7.03. The second-order valence-corrected chi connectivity index (χ2v) is 2.37. The van der Waals surface area contributed by atoms with Gasteiger partial charge in [-0.05, 0) is 18.9 Å². The molecule has 0 spiro atoms. The van der Waals surface area contributed by atoms with Crippen LogP contribution in [0.3, 0.4) is 0 Å². The SMILES string of the molecule is C=C(N)/C(F)=C(\C)CCC. The molecule has 0 fully saturated rings. The zero-order valence-corrected chi connectivity index (χ0v) is 6.58. The standard InChI is InChI=1S/C8H14FN/c1-4-5-6(2)8(9)7(3)10/h3-5,10H2,1-2H3/b8-6-. The van der Waals surface area contributed by atoms with Gasteiger partial charge >= 0.3 is 0 Å². The molecule has 58 valence electrons. The van der Waals surface area contributed by atoms with Gasteiger partial charge in [-0.3, -0.25) is 0 Å². The molecule has 0 atom stereocenters. The first-order chi connectivity index (χ1) is 4.59. The van der Waals surface area contributed by atoms with E-state index in [1.165, 1.54) is 0 Å². The molecule has 0 unspecified atom stereocenters. The molecule has 0 rings (SSSR count). The molecule has 1 nitrogen and oxygen atoms in total. The Morgan fingerprint density at radius 3 is 2.40 bits per heavy atom. The summed E-state index contributed by atoms with van der Waals surface area (Å²) < 4.78 is 12.8. The van der Waals surface area contributed by atoms with Crippen LogP contribution in [0.5, 0.6) is 0 Å².